The van der Waals surface area contributed by atoms with E-state index in [1.54, 1.807) is 4.90 Å². The van der Waals surface area contributed by atoms with Gasteiger partial charge in [-0.3, -0.25) is 4.79 Å². The van der Waals surface area contributed by atoms with E-state index < -0.39 is 0 Å². The van der Waals surface area contributed by atoms with Crippen LogP contribution in [-0.4, -0.2) is 34.4 Å². The lowest BCUT2D eigenvalue weighted by atomic mass is 9.85. The molecule has 6 nitrogen and oxygen atoms in total. The topological polar surface area (TPSA) is 74.3 Å². The Morgan fingerprint density at radius 1 is 1.36 bits per heavy atom. The zero-order chi connectivity index (χ0) is 15.7. The van der Waals surface area contributed by atoms with Crippen LogP contribution in [0.15, 0.2) is 0 Å². The number of rotatable bonds is 3. The molecule has 0 saturated heterocycles. The minimum Gasteiger partial charge on any atom is -0.336 e. The Morgan fingerprint density at radius 2 is 2.14 bits per heavy atom. The highest BCUT2D eigenvalue weighted by molar-refractivity contribution is 7.15. The summed E-state index contributed by atoms with van der Waals surface area (Å²) in [6.07, 6.45) is 3.86. The van der Waals surface area contributed by atoms with E-state index in [1.807, 2.05) is 13.8 Å². The summed E-state index contributed by atoms with van der Waals surface area (Å²) >= 11 is 1.49. The van der Waals surface area contributed by atoms with Gasteiger partial charge in [0.05, 0.1) is 12.2 Å². The highest BCUT2D eigenvalue weighted by Crippen LogP contribution is 2.31. The molecule has 1 fully saturated rings. The van der Waals surface area contributed by atoms with Crippen molar-refractivity contribution >= 4 is 28.4 Å². The maximum atomic E-state index is 12.1. The number of thiazole rings is 1. The molecule has 0 radical (unpaired) electrons. The van der Waals surface area contributed by atoms with Crippen LogP contribution in [0.2, 0.25) is 0 Å². The van der Waals surface area contributed by atoms with Gasteiger partial charge in [-0.05, 0) is 26.7 Å². The first-order chi connectivity index (χ1) is 10.5. The standard InChI is InChI=1S/C15H22N4O2S/c1-9(2)16-15(21)19-7-6-11-12(8-19)22-14(17-11)18-13(20)10-4-3-5-10/h9-10H,3-8H2,1-2H3,(H,16,21)(H,17,18,20). The Balaban J connectivity index is 1.62. The second-order valence-corrected chi connectivity index (χ2v) is 7.37. The van der Waals surface area contributed by atoms with Gasteiger partial charge in [0.25, 0.3) is 0 Å². The number of urea groups is 1. The van der Waals surface area contributed by atoms with Gasteiger partial charge in [-0.1, -0.05) is 17.8 Å². The number of hydrogen-bond acceptors (Lipinski definition) is 4. The van der Waals surface area contributed by atoms with Crippen LogP contribution in [0.1, 0.15) is 43.7 Å². The van der Waals surface area contributed by atoms with E-state index in [1.165, 1.54) is 11.3 Å². The average molecular weight is 322 g/mol. The lowest BCUT2D eigenvalue weighted by Crippen LogP contribution is -2.44. The second kappa shape index (κ2) is 6.24. The van der Waals surface area contributed by atoms with Gasteiger partial charge in [-0.25, -0.2) is 9.78 Å². The van der Waals surface area contributed by atoms with Gasteiger partial charge in [0, 0.05) is 29.8 Å². The summed E-state index contributed by atoms with van der Waals surface area (Å²) in [7, 11) is 0. The summed E-state index contributed by atoms with van der Waals surface area (Å²) in [5, 5.41) is 6.51. The molecule has 0 bridgehead atoms. The van der Waals surface area contributed by atoms with Crippen molar-refractivity contribution in [1.29, 1.82) is 0 Å². The van der Waals surface area contributed by atoms with Crippen LogP contribution < -0.4 is 10.6 Å². The van der Waals surface area contributed by atoms with Crippen molar-refractivity contribution in [2.45, 2.75) is 52.1 Å². The highest BCUT2D eigenvalue weighted by Gasteiger charge is 2.28. The zero-order valence-corrected chi connectivity index (χ0v) is 13.8. The van der Waals surface area contributed by atoms with Gasteiger partial charge in [0.15, 0.2) is 5.13 Å². The van der Waals surface area contributed by atoms with Crippen LogP contribution in [-0.2, 0) is 17.8 Å². The largest absolute Gasteiger partial charge is 0.336 e. The summed E-state index contributed by atoms with van der Waals surface area (Å²) in [4.78, 5) is 31.4. The SMILES string of the molecule is CC(C)NC(=O)N1CCc2nc(NC(=O)C3CCC3)sc2C1. The molecule has 120 valence electrons. The summed E-state index contributed by atoms with van der Waals surface area (Å²) < 4.78 is 0. The van der Waals surface area contributed by atoms with Crippen LogP contribution >= 0.6 is 11.3 Å². The Labute approximate surface area is 134 Å². The Kier molecular flexibility index (Phi) is 4.33. The molecule has 0 unspecified atom stereocenters. The van der Waals surface area contributed by atoms with Gasteiger partial charge in [0.2, 0.25) is 5.91 Å². The lowest BCUT2D eigenvalue weighted by Gasteiger charge is -2.27. The molecule has 2 heterocycles. The molecule has 1 aliphatic heterocycles. The first kappa shape index (κ1) is 15.3. The second-order valence-electron chi connectivity index (χ2n) is 6.28. The highest BCUT2D eigenvalue weighted by atomic mass is 32.1. The maximum Gasteiger partial charge on any atom is 0.317 e. The molecular weight excluding hydrogens is 300 g/mol. The molecule has 1 aromatic heterocycles. The van der Waals surface area contributed by atoms with Crippen molar-refractivity contribution in [3.8, 4) is 0 Å². The summed E-state index contributed by atoms with van der Waals surface area (Å²) in [6, 6.07) is 0.0989. The number of nitrogens with zero attached hydrogens (tertiary/aromatic N) is 2. The van der Waals surface area contributed by atoms with Gasteiger partial charge in [-0.15, -0.1) is 0 Å². The van der Waals surface area contributed by atoms with Crippen molar-refractivity contribution in [3.05, 3.63) is 10.6 Å². The minimum atomic E-state index is -0.0332. The quantitative estimate of drug-likeness (QED) is 0.897. The fraction of sp³-hybridized carbons (Fsp3) is 0.667. The number of carbonyl (C=O) groups excluding carboxylic acids is 2. The molecule has 3 rings (SSSR count). The molecule has 7 heteroatoms. The summed E-state index contributed by atoms with van der Waals surface area (Å²) in [5.74, 6) is 0.251. The average Bonchev–Trinajstić information content (AvgIpc) is 2.76. The van der Waals surface area contributed by atoms with E-state index in [2.05, 4.69) is 15.6 Å². The third-order valence-electron chi connectivity index (χ3n) is 4.14. The predicted octanol–water partition coefficient (Wildman–Crippen LogP) is 2.36. The summed E-state index contributed by atoms with van der Waals surface area (Å²) in [5.41, 5.74) is 1.02. The van der Waals surface area contributed by atoms with E-state index in [9.17, 15) is 9.59 Å². The lowest BCUT2D eigenvalue weighted by molar-refractivity contribution is -0.122. The molecule has 0 spiro atoms. The normalized spacial score (nSPS) is 17.9. The van der Waals surface area contributed by atoms with Gasteiger partial charge >= 0.3 is 6.03 Å². The van der Waals surface area contributed by atoms with E-state index in [0.29, 0.717) is 18.2 Å². The molecule has 1 aliphatic carbocycles. The van der Waals surface area contributed by atoms with E-state index in [0.717, 1.165) is 36.3 Å². The van der Waals surface area contributed by atoms with Crippen molar-refractivity contribution in [3.63, 3.8) is 0 Å². The predicted molar refractivity (Wildman–Crippen MR) is 85.9 cm³/mol. The van der Waals surface area contributed by atoms with Crippen LogP contribution in [0.4, 0.5) is 9.93 Å². The Morgan fingerprint density at radius 3 is 2.77 bits per heavy atom. The minimum absolute atomic E-state index is 0.0332. The molecule has 1 aromatic rings. The van der Waals surface area contributed by atoms with E-state index >= 15 is 0 Å². The number of fused-ring (bicyclic) bond motifs is 1. The number of anilines is 1. The molecule has 2 N–H and O–H groups in total. The fourth-order valence-corrected chi connectivity index (χ4v) is 3.67. The van der Waals surface area contributed by atoms with Gasteiger partial charge in [-0.2, -0.15) is 0 Å². The number of nitrogens with one attached hydrogen (secondary N) is 2. The number of amides is 3. The van der Waals surface area contributed by atoms with Crippen molar-refractivity contribution in [1.82, 2.24) is 15.2 Å². The van der Waals surface area contributed by atoms with Crippen molar-refractivity contribution < 1.29 is 9.59 Å². The van der Waals surface area contributed by atoms with Crippen LogP contribution in [0.25, 0.3) is 0 Å². The molecule has 22 heavy (non-hydrogen) atoms. The summed E-state index contributed by atoms with van der Waals surface area (Å²) in [6.45, 7) is 5.15. The van der Waals surface area contributed by atoms with E-state index in [4.69, 9.17) is 0 Å². The number of carbonyl (C=O) groups is 2. The molecule has 3 amide bonds. The smallest absolute Gasteiger partial charge is 0.317 e. The molecule has 1 saturated carbocycles. The number of hydrogen-bond donors (Lipinski definition) is 2. The third-order valence-corrected chi connectivity index (χ3v) is 5.13. The fourth-order valence-electron chi connectivity index (χ4n) is 2.64. The van der Waals surface area contributed by atoms with Crippen LogP contribution in [0, 0.1) is 5.92 Å². The van der Waals surface area contributed by atoms with Gasteiger partial charge in [0.1, 0.15) is 0 Å². The Bertz CT molecular complexity index is 580. The first-order valence-corrected chi connectivity index (χ1v) is 8.69. The van der Waals surface area contributed by atoms with Crippen LogP contribution in [0.3, 0.4) is 0 Å². The van der Waals surface area contributed by atoms with Crippen molar-refractivity contribution in [2.75, 3.05) is 11.9 Å². The van der Waals surface area contributed by atoms with Crippen molar-refractivity contribution in [2.24, 2.45) is 5.92 Å². The molecular formula is C15H22N4O2S. The van der Waals surface area contributed by atoms with E-state index in [-0.39, 0.29) is 23.9 Å². The molecule has 0 aromatic carbocycles. The molecule has 0 atom stereocenters. The number of aromatic nitrogens is 1. The monoisotopic (exact) mass is 322 g/mol. The maximum absolute atomic E-state index is 12.1. The Hall–Kier alpha value is -1.63. The molecule has 2 aliphatic rings. The zero-order valence-electron chi connectivity index (χ0n) is 13.0. The van der Waals surface area contributed by atoms with Gasteiger partial charge < -0.3 is 15.5 Å². The first-order valence-electron chi connectivity index (χ1n) is 7.88. The van der Waals surface area contributed by atoms with Crippen LogP contribution in [0.5, 0.6) is 0 Å². The third kappa shape index (κ3) is 3.24.